The third kappa shape index (κ3) is 3.19. The van der Waals surface area contributed by atoms with Crippen LogP contribution in [-0.4, -0.2) is 24.3 Å². The Hall–Kier alpha value is -2.03. The average Bonchev–Trinajstić information content (AvgIpc) is 2.47. The van der Waals surface area contributed by atoms with E-state index < -0.39 is 0 Å². The molecule has 122 valence electrons. The predicted octanol–water partition coefficient (Wildman–Crippen LogP) is 4.24. The molecule has 3 heteroatoms. The number of Topliss-reactive ketones (excluding diaryl/α,β-unsaturated/α-hetero) is 1. The Morgan fingerprint density at radius 1 is 1.22 bits per heavy atom. The van der Waals surface area contributed by atoms with Crippen LogP contribution in [0, 0.1) is 12.3 Å². The summed E-state index contributed by atoms with van der Waals surface area (Å²) in [5.74, 6) is 1.10. The molecule has 3 nitrogen and oxygen atoms in total. The Balaban J connectivity index is 1.94. The van der Waals surface area contributed by atoms with Crippen molar-refractivity contribution in [2.24, 2.45) is 5.41 Å². The van der Waals surface area contributed by atoms with Crippen LogP contribution in [0.25, 0.3) is 0 Å². The first-order valence-electron chi connectivity index (χ1n) is 8.26. The number of nitrogens with zero attached hydrogens (tertiary/aromatic N) is 1. The van der Waals surface area contributed by atoms with Crippen LogP contribution in [0.2, 0.25) is 0 Å². The lowest BCUT2D eigenvalue weighted by atomic mass is 9.72. The standard InChI is InChI=1S/C20H25NO2/c1-14-7-5-6-8-18(14)23-13-15-9-10-21(4)16-11-20(2,3)12-17(22)19(15)16/h5-8,13H,9-12H2,1-4H3/b15-13+. The fourth-order valence-corrected chi connectivity index (χ4v) is 3.47. The number of rotatable bonds is 2. The van der Waals surface area contributed by atoms with E-state index in [0.29, 0.717) is 6.42 Å². The monoisotopic (exact) mass is 311 g/mol. The van der Waals surface area contributed by atoms with Crippen molar-refractivity contribution in [3.63, 3.8) is 0 Å². The van der Waals surface area contributed by atoms with Gasteiger partial charge in [0, 0.05) is 36.9 Å². The first-order chi connectivity index (χ1) is 10.9. The molecule has 1 aromatic carbocycles. The summed E-state index contributed by atoms with van der Waals surface area (Å²) >= 11 is 0. The van der Waals surface area contributed by atoms with Gasteiger partial charge in [-0.25, -0.2) is 0 Å². The molecule has 23 heavy (non-hydrogen) atoms. The van der Waals surface area contributed by atoms with Crippen molar-refractivity contribution in [1.29, 1.82) is 0 Å². The summed E-state index contributed by atoms with van der Waals surface area (Å²) in [7, 11) is 2.09. The van der Waals surface area contributed by atoms with E-state index in [1.54, 1.807) is 6.26 Å². The summed E-state index contributed by atoms with van der Waals surface area (Å²) in [6.07, 6.45) is 4.21. The first kappa shape index (κ1) is 15.9. The third-order valence-electron chi connectivity index (χ3n) is 4.77. The molecule has 1 heterocycles. The van der Waals surface area contributed by atoms with Crippen molar-refractivity contribution in [3.05, 3.63) is 52.9 Å². The van der Waals surface area contributed by atoms with Crippen LogP contribution in [0.15, 0.2) is 47.4 Å². The van der Waals surface area contributed by atoms with Crippen molar-refractivity contribution in [1.82, 2.24) is 4.90 Å². The number of carbonyl (C=O) groups excluding carboxylic acids is 1. The Labute approximate surface area is 138 Å². The molecule has 1 aromatic rings. The molecule has 0 radical (unpaired) electrons. The minimum absolute atomic E-state index is 0.0451. The van der Waals surface area contributed by atoms with Crippen molar-refractivity contribution < 1.29 is 9.53 Å². The Kier molecular flexibility index (Phi) is 4.05. The normalized spacial score (nSPS) is 22.3. The van der Waals surface area contributed by atoms with Crippen LogP contribution in [0.4, 0.5) is 0 Å². The second-order valence-corrected chi connectivity index (χ2v) is 7.46. The van der Waals surface area contributed by atoms with Gasteiger partial charge in [0.1, 0.15) is 5.75 Å². The predicted molar refractivity (Wildman–Crippen MR) is 92.2 cm³/mol. The molecule has 0 N–H and O–H groups in total. The maximum absolute atomic E-state index is 12.7. The molecule has 3 rings (SSSR count). The van der Waals surface area contributed by atoms with Gasteiger partial charge in [-0.15, -0.1) is 0 Å². The zero-order chi connectivity index (χ0) is 16.6. The van der Waals surface area contributed by atoms with E-state index in [1.165, 1.54) is 5.70 Å². The topological polar surface area (TPSA) is 29.5 Å². The molecule has 0 saturated heterocycles. The lowest BCUT2D eigenvalue weighted by Gasteiger charge is -2.40. The van der Waals surface area contributed by atoms with Crippen LogP contribution >= 0.6 is 0 Å². The molecule has 0 atom stereocenters. The highest BCUT2D eigenvalue weighted by molar-refractivity contribution is 6.01. The average molecular weight is 311 g/mol. The summed E-state index contributed by atoms with van der Waals surface area (Å²) in [5.41, 5.74) is 4.26. The molecule has 0 spiro atoms. The van der Waals surface area contributed by atoms with E-state index in [4.69, 9.17) is 4.74 Å². The quantitative estimate of drug-likeness (QED) is 0.765. The van der Waals surface area contributed by atoms with Crippen LogP contribution in [0.3, 0.4) is 0 Å². The zero-order valence-electron chi connectivity index (χ0n) is 14.5. The van der Waals surface area contributed by atoms with Gasteiger partial charge in [0.2, 0.25) is 0 Å². The molecule has 0 saturated carbocycles. The van der Waals surface area contributed by atoms with Crippen molar-refractivity contribution in [3.8, 4) is 5.75 Å². The highest BCUT2D eigenvalue weighted by Crippen LogP contribution is 2.42. The molecule has 1 aliphatic heterocycles. The van der Waals surface area contributed by atoms with Crippen LogP contribution in [0.1, 0.15) is 38.7 Å². The minimum Gasteiger partial charge on any atom is -0.464 e. The molecule has 1 aliphatic carbocycles. The van der Waals surface area contributed by atoms with Gasteiger partial charge >= 0.3 is 0 Å². The van der Waals surface area contributed by atoms with Gasteiger partial charge in [-0.1, -0.05) is 32.0 Å². The van der Waals surface area contributed by atoms with E-state index in [0.717, 1.165) is 41.8 Å². The summed E-state index contributed by atoms with van der Waals surface area (Å²) in [6.45, 7) is 7.31. The van der Waals surface area contributed by atoms with Crippen LogP contribution in [0.5, 0.6) is 5.75 Å². The SMILES string of the molecule is Cc1ccccc1O/C=C1\CCN(C)C2=C1C(=O)CC(C)(C)C2. The van der Waals surface area contributed by atoms with Gasteiger partial charge in [0.25, 0.3) is 0 Å². The molecular formula is C20H25NO2. The van der Waals surface area contributed by atoms with Gasteiger partial charge in [0.15, 0.2) is 5.78 Å². The smallest absolute Gasteiger partial charge is 0.165 e. The minimum atomic E-state index is 0.0451. The van der Waals surface area contributed by atoms with Crippen molar-refractivity contribution in [2.45, 2.75) is 40.0 Å². The third-order valence-corrected chi connectivity index (χ3v) is 4.77. The number of hydrogen-bond donors (Lipinski definition) is 0. The largest absolute Gasteiger partial charge is 0.464 e. The van der Waals surface area contributed by atoms with Gasteiger partial charge in [-0.05, 0) is 36.8 Å². The fourth-order valence-electron chi connectivity index (χ4n) is 3.47. The highest BCUT2D eigenvalue weighted by atomic mass is 16.5. The zero-order valence-corrected chi connectivity index (χ0v) is 14.5. The summed E-state index contributed by atoms with van der Waals surface area (Å²) in [4.78, 5) is 14.9. The lowest BCUT2D eigenvalue weighted by molar-refractivity contribution is -0.118. The number of aryl methyl sites for hydroxylation is 1. The van der Waals surface area contributed by atoms with Crippen molar-refractivity contribution in [2.75, 3.05) is 13.6 Å². The van der Waals surface area contributed by atoms with E-state index in [1.807, 2.05) is 31.2 Å². The Bertz CT molecular complexity index is 697. The summed E-state index contributed by atoms with van der Waals surface area (Å²) in [5, 5.41) is 0. The number of carbonyl (C=O) groups is 1. The number of allylic oxidation sites excluding steroid dienone is 2. The second kappa shape index (κ2) is 5.88. The second-order valence-electron chi connectivity index (χ2n) is 7.46. The van der Waals surface area contributed by atoms with E-state index in [2.05, 4.69) is 25.8 Å². The Morgan fingerprint density at radius 2 is 1.96 bits per heavy atom. The number of hydrogen-bond acceptors (Lipinski definition) is 3. The molecule has 0 bridgehead atoms. The number of ketones is 1. The molecule has 0 fully saturated rings. The van der Waals surface area contributed by atoms with Crippen molar-refractivity contribution >= 4 is 5.78 Å². The molecular weight excluding hydrogens is 286 g/mol. The fraction of sp³-hybridized carbons (Fsp3) is 0.450. The number of benzene rings is 1. The van der Waals surface area contributed by atoms with E-state index >= 15 is 0 Å². The van der Waals surface area contributed by atoms with E-state index in [-0.39, 0.29) is 11.2 Å². The van der Waals surface area contributed by atoms with Crippen LogP contribution in [-0.2, 0) is 4.79 Å². The maximum Gasteiger partial charge on any atom is 0.165 e. The highest BCUT2D eigenvalue weighted by Gasteiger charge is 2.37. The lowest BCUT2D eigenvalue weighted by Crippen LogP contribution is -2.36. The van der Waals surface area contributed by atoms with Crippen LogP contribution < -0.4 is 4.74 Å². The van der Waals surface area contributed by atoms with Gasteiger partial charge < -0.3 is 9.64 Å². The molecule has 0 unspecified atom stereocenters. The van der Waals surface area contributed by atoms with Gasteiger partial charge in [-0.3, -0.25) is 4.79 Å². The molecule has 0 amide bonds. The molecule has 0 aromatic heterocycles. The van der Waals surface area contributed by atoms with Gasteiger partial charge in [0.05, 0.1) is 6.26 Å². The maximum atomic E-state index is 12.7. The number of para-hydroxylation sites is 1. The number of ether oxygens (including phenoxy) is 1. The Morgan fingerprint density at radius 3 is 2.70 bits per heavy atom. The summed E-state index contributed by atoms with van der Waals surface area (Å²) in [6, 6.07) is 7.96. The van der Waals surface area contributed by atoms with E-state index in [9.17, 15) is 4.79 Å². The van der Waals surface area contributed by atoms with Gasteiger partial charge in [-0.2, -0.15) is 0 Å². The summed E-state index contributed by atoms with van der Waals surface area (Å²) < 4.78 is 5.89. The molecule has 2 aliphatic rings. The first-order valence-corrected chi connectivity index (χ1v) is 8.26.